The molecule has 2 aromatic rings. The SMILES string of the molecule is COc1ccc(Cl)cc1C1OC(=O)N(C(=O)NC2CCCCC2)C1=O.COc1ccc(Cl)cc1C1OC(=O)NC1=O. The summed E-state index contributed by atoms with van der Waals surface area (Å²) < 4.78 is 20.2. The van der Waals surface area contributed by atoms with E-state index in [1.165, 1.54) is 26.4 Å². The molecule has 5 rings (SSSR count). The first kappa shape index (κ1) is 29.9. The first-order valence-corrected chi connectivity index (χ1v) is 13.4. The fourth-order valence-electron chi connectivity index (χ4n) is 4.66. The number of nitrogens with zero attached hydrogens (tertiary/aromatic N) is 1. The van der Waals surface area contributed by atoms with Gasteiger partial charge in [-0.2, -0.15) is 4.90 Å². The fourth-order valence-corrected chi connectivity index (χ4v) is 5.02. The average Bonchev–Trinajstić information content (AvgIpc) is 3.45. The summed E-state index contributed by atoms with van der Waals surface area (Å²) in [6.07, 6.45) is 0.843. The summed E-state index contributed by atoms with van der Waals surface area (Å²) in [4.78, 5) is 59.9. The van der Waals surface area contributed by atoms with Crippen molar-refractivity contribution >= 4 is 53.2 Å². The second-order valence-electron chi connectivity index (χ2n) is 9.27. The van der Waals surface area contributed by atoms with Crippen molar-refractivity contribution in [2.24, 2.45) is 0 Å². The molecule has 2 aromatic carbocycles. The van der Waals surface area contributed by atoms with E-state index in [-0.39, 0.29) is 6.04 Å². The van der Waals surface area contributed by atoms with E-state index in [2.05, 4.69) is 5.32 Å². The third-order valence-corrected chi connectivity index (χ3v) is 7.09. The molecule has 41 heavy (non-hydrogen) atoms. The second-order valence-corrected chi connectivity index (χ2v) is 10.1. The Morgan fingerprint density at radius 1 is 0.878 bits per heavy atom. The predicted molar refractivity (Wildman–Crippen MR) is 145 cm³/mol. The van der Waals surface area contributed by atoms with Crippen molar-refractivity contribution in [2.75, 3.05) is 14.2 Å². The highest BCUT2D eigenvalue weighted by Gasteiger charge is 2.47. The van der Waals surface area contributed by atoms with Crippen molar-refractivity contribution in [3.8, 4) is 11.5 Å². The minimum absolute atomic E-state index is 0.0263. The number of imide groups is 4. The number of halogens is 2. The summed E-state index contributed by atoms with van der Waals surface area (Å²) >= 11 is 11.8. The van der Waals surface area contributed by atoms with Crippen LogP contribution >= 0.6 is 23.2 Å². The molecule has 1 saturated carbocycles. The van der Waals surface area contributed by atoms with Crippen molar-refractivity contribution < 1.29 is 42.9 Å². The standard InChI is InChI=1S/C17H19ClN2O5.C10H8ClNO4/c1-24-13-8-7-10(18)9-12(13)14-15(21)20(17(23)25-14)16(22)19-11-5-3-2-4-6-11;1-15-7-3-2-5(11)4-6(7)8-9(13)12-10(14)16-8/h7-9,11,14H,2-6H2,1H3,(H,19,22);2-4,8H,1H3,(H,12,13,14). The molecule has 2 saturated heterocycles. The molecule has 3 aliphatic rings. The first-order chi connectivity index (χ1) is 19.6. The lowest BCUT2D eigenvalue weighted by Gasteiger charge is -2.23. The lowest BCUT2D eigenvalue weighted by Crippen LogP contribution is -2.47. The topological polar surface area (TPSA) is 150 Å². The van der Waals surface area contributed by atoms with Crippen LogP contribution in [0.1, 0.15) is 55.4 Å². The smallest absolute Gasteiger partial charge is 0.426 e. The van der Waals surface area contributed by atoms with Crippen LogP contribution in [0.15, 0.2) is 36.4 Å². The maximum absolute atomic E-state index is 12.6. The molecule has 218 valence electrons. The van der Waals surface area contributed by atoms with Crippen LogP contribution in [-0.4, -0.2) is 55.2 Å². The molecular formula is C27H27Cl2N3O9. The fraction of sp³-hybridized carbons (Fsp3) is 0.370. The molecule has 3 fully saturated rings. The molecule has 12 nitrogen and oxygen atoms in total. The maximum Gasteiger partial charge on any atom is 0.426 e. The van der Waals surface area contributed by atoms with Gasteiger partial charge in [0.25, 0.3) is 11.8 Å². The summed E-state index contributed by atoms with van der Waals surface area (Å²) in [6.45, 7) is 0. The van der Waals surface area contributed by atoms with Crippen LogP contribution < -0.4 is 20.1 Å². The zero-order valence-corrected chi connectivity index (χ0v) is 23.6. The minimum Gasteiger partial charge on any atom is -0.496 e. The van der Waals surface area contributed by atoms with Gasteiger partial charge in [0.2, 0.25) is 12.2 Å². The van der Waals surface area contributed by atoms with Gasteiger partial charge in [0.05, 0.1) is 14.2 Å². The zero-order valence-electron chi connectivity index (χ0n) is 22.1. The van der Waals surface area contributed by atoms with Crippen molar-refractivity contribution in [2.45, 2.75) is 50.4 Å². The normalized spacial score (nSPS) is 20.4. The number of amides is 6. The quantitative estimate of drug-likeness (QED) is 0.475. The number of cyclic esters (lactones) is 2. The number of rotatable bonds is 5. The highest BCUT2D eigenvalue weighted by atomic mass is 35.5. The van der Waals surface area contributed by atoms with E-state index >= 15 is 0 Å². The van der Waals surface area contributed by atoms with Gasteiger partial charge in [0.1, 0.15) is 11.5 Å². The van der Waals surface area contributed by atoms with Gasteiger partial charge >= 0.3 is 18.2 Å². The van der Waals surface area contributed by atoms with Crippen LogP contribution in [0, 0.1) is 0 Å². The number of hydrogen-bond acceptors (Lipinski definition) is 9. The second kappa shape index (κ2) is 13.1. The van der Waals surface area contributed by atoms with Crippen LogP contribution in [0.25, 0.3) is 0 Å². The zero-order chi connectivity index (χ0) is 29.7. The van der Waals surface area contributed by atoms with Gasteiger partial charge in [0, 0.05) is 27.2 Å². The number of hydrogen-bond donors (Lipinski definition) is 2. The van der Waals surface area contributed by atoms with Crippen molar-refractivity contribution in [1.29, 1.82) is 0 Å². The van der Waals surface area contributed by atoms with E-state index in [0.29, 0.717) is 37.6 Å². The van der Waals surface area contributed by atoms with Crippen LogP contribution in [0.2, 0.25) is 10.0 Å². The van der Waals surface area contributed by atoms with Crippen LogP contribution in [-0.2, 0) is 19.1 Å². The largest absolute Gasteiger partial charge is 0.496 e. The van der Waals surface area contributed by atoms with E-state index in [1.54, 1.807) is 24.3 Å². The number of ether oxygens (including phenoxy) is 4. The van der Waals surface area contributed by atoms with Gasteiger partial charge < -0.3 is 24.3 Å². The minimum atomic E-state index is -1.25. The molecular weight excluding hydrogens is 581 g/mol. The molecule has 2 N–H and O–H groups in total. The molecule has 0 radical (unpaired) electrons. The Kier molecular flexibility index (Phi) is 9.56. The number of carbonyl (C=O) groups is 5. The highest BCUT2D eigenvalue weighted by molar-refractivity contribution is 6.31. The van der Waals surface area contributed by atoms with Crippen LogP contribution in [0.4, 0.5) is 14.4 Å². The third kappa shape index (κ3) is 6.83. The van der Waals surface area contributed by atoms with E-state index in [9.17, 15) is 24.0 Å². The van der Waals surface area contributed by atoms with E-state index in [0.717, 1.165) is 32.1 Å². The van der Waals surface area contributed by atoms with Crippen molar-refractivity contribution in [3.05, 3.63) is 57.6 Å². The van der Waals surface area contributed by atoms with Crippen molar-refractivity contribution in [3.63, 3.8) is 0 Å². The van der Waals surface area contributed by atoms with Crippen molar-refractivity contribution in [1.82, 2.24) is 15.5 Å². The molecule has 2 unspecified atom stereocenters. The number of benzene rings is 2. The Labute approximate surface area is 245 Å². The molecule has 0 spiro atoms. The molecule has 0 bridgehead atoms. The summed E-state index contributed by atoms with van der Waals surface area (Å²) in [5, 5.41) is 5.58. The van der Waals surface area contributed by atoms with Gasteiger partial charge in [-0.05, 0) is 49.2 Å². The Bertz CT molecular complexity index is 1360. The van der Waals surface area contributed by atoms with E-state index in [1.807, 2.05) is 5.32 Å². The maximum atomic E-state index is 12.6. The van der Waals surface area contributed by atoms with E-state index < -0.39 is 42.2 Å². The van der Waals surface area contributed by atoms with Gasteiger partial charge in [-0.25, -0.2) is 14.4 Å². The highest BCUT2D eigenvalue weighted by Crippen LogP contribution is 2.36. The number of carbonyl (C=O) groups excluding carboxylic acids is 5. The Balaban J connectivity index is 0.000000208. The molecule has 2 heterocycles. The van der Waals surface area contributed by atoms with Crippen LogP contribution in [0.3, 0.4) is 0 Å². The summed E-state index contributed by atoms with van der Waals surface area (Å²) in [5.74, 6) is -0.478. The van der Waals surface area contributed by atoms with Gasteiger partial charge in [-0.3, -0.25) is 14.9 Å². The third-order valence-electron chi connectivity index (χ3n) is 6.62. The molecule has 2 atom stereocenters. The monoisotopic (exact) mass is 607 g/mol. The predicted octanol–water partition coefficient (Wildman–Crippen LogP) is 5.07. The lowest BCUT2D eigenvalue weighted by atomic mass is 9.96. The Morgan fingerprint density at radius 2 is 1.44 bits per heavy atom. The molecule has 6 amide bonds. The Hall–Kier alpha value is -4.03. The van der Waals surface area contributed by atoms with Crippen LogP contribution in [0.5, 0.6) is 11.5 Å². The summed E-state index contributed by atoms with van der Waals surface area (Å²) in [7, 11) is 2.89. The van der Waals surface area contributed by atoms with Gasteiger partial charge in [-0.15, -0.1) is 0 Å². The molecule has 2 aliphatic heterocycles. The van der Waals surface area contributed by atoms with Gasteiger partial charge in [-0.1, -0.05) is 42.5 Å². The molecule has 0 aromatic heterocycles. The molecule has 1 aliphatic carbocycles. The lowest BCUT2D eigenvalue weighted by molar-refractivity contribution is -0.128. The number of nitrogens with one attached hydrogen (secondary N) is 2. The molecule has 14 heteroatoms. The van der Waals surface area contributed by atoms with E-state index in [4.69, 9.17) is 42.1 Å². The number of urea groups is 1. The summed E-state index contributed by atoms with van der Waals surface area (Å²) in [5.41, 5.74) is 0.736. The number of alkyl carbamates (subject to hydrolysis) is 1. The summed E-state index contributed by atoms with van der Waals surface area (Å²) in [6, 6.07) is 8.65. The van der Waals surface area contributed by atoms with Gasteiger partial charge in [0.15, 0.2) is 0 Å². The number of methoxy groups -OCH3 is 2. The Morgan fingerprint density at radius 3 is 1.95 bits per heavy atom. The first-order valence-electron chi connectivity index (χ1n) is 12.7. The average molecular weight is 608 g/mol.